The van der Waals surface area contributed by atoms with Gasteiger partial charge >= 0.3 is 12.1 Å². The fourth-order valence-corrected chi connectivity index (χ4v) is 5.37. The van der Waals surface area contributed by atoms with Crippen LogP contribution in [0.1, 0.15) is 56.6 Å². The van der Waals surface area contributed by atoms with Crippen molar-refractivity contribution < 1.29 is 23.5 Å². The van der Waals surface area contributed by atoms with Crippen LogP contribution in [0.25, 0.3) is 0 Å². The van der Waals surface area contributed by atoms with Gasteiger partial charge in [0, 0.05) is 38.6 Å². The summed E-state index contributed by atoms with van der Waals surface area (Å²) < 4.78 is 25.2. The van der Waals surface area contributed by atoms with E-state index in [-0.39, 0.29) is 37.0 Å². The lowest BCUT2D eigenvalue weighted by atomic mass is 9.88. The molecule has 3 rings (SSSR count). The standard InChI is InChI=1S/C26H41FN4O4/c1-28-17-23(15-19-7-3-4-8-19)30-25(32)31-12-6-10-21(18-31)24(20-9-5-11-22(27)16-20)34-13-14-35-26(33)29-2/h5,9,11,16,19,21,23-24,28H,3-4,6-8,10,12-15,17-18H2,1-2H3,(H,29,33)(H,30,32)/t21-,23+,24?/m1/s1. The summed E-state index contributed by atoms with van der Waals surface area (Å²) in [5.41, 5.74) is 0.728. The molecule has 2 aliphatic rings. The smallest absolute Gasteiger partial charge is 0.406 e. The Morgan fingerprint density at radius 1 is 1.14 bits per heavy atom. The Morgan fingerprint density at radius 3 is 2.66 bits per heavy atom. The second-order valence-electron chi connectivity index (χ2n) is 9.67. The zero-order chi connectivity index (χ0) is 25.0. The van der Waals surface area contributed by atoms with E-state index in [0.29, 0.717) is 19.0 Å². The number of likely N-dealkylation sites (N-methyl/N-ethyl adjacent to an activating group) is 1. The normalized spacial score (nSPS) is 20.3. The predicted octanol–water partition coefficient (Wildman–Crippen LogP) is 3.83. The summed E-state index contributed by atoms with van der Waals surface area (Å²) in [4.78, 5) is 26.4. The van der Waals surface area contributed by atoms with Crippen LogP contribution in [0.5, 0.6) is 0 Å². The second kappa shape index (κ2) is 14.2. The number of ether oxygens (including phenoxy) is 2. The summed E-state index contributed by atoms with van der Waals surface area (Å²) in [5, 5.41) is 8.87. The van der Waals surface area contributed by atoms with Crippen molar-refractivity contribution in [2.75, 3.05) is 46.9 Å². The number of piperidine rings is 1. The van der Waals surface area contributed by atoms with Crippen molar-refractivity contribution in [1.82, 2.24) is 20.9 Å². The molecule has 1 aromatic rings. The van der Waals surface area contributed by atoms with Gasteiger partial charge in [-0.1, -0.05) is 37.8 Å². The number of carbonyl (C=O) groups is 2. The maximum Gasteiger partial charge on any atom is 0.406 e. The molecule has 3 N–H and O–H groups in total. The molecule has 8 nitrogen and oxygen atoms in total. The fraction of sp³-hybridized carbons (Fsp3) is 0.692. The lowest BCUT2D eigenvalue weighted by Crippen LogP contribution is -2.51. The molecule has 196 valence electrons. The third kappa shape index (κ3) is 8.65. The molecule has 1 aromatic carbocycles. The highest BCUT2D eigenvalue weighted by atomic mass is 19.1. The number of hydrogen-bond donors (Lipinski definition) is 3. The number of alkyl carbamates (subject to hydrolysis) is 1. The highest BCUT2D eigenvalue weighted by molar-refractivity contribution is 5.74. The molecule has 0 radical (unpaired) electrons. The number of amides is 3. The van der Waals surface area contributed by atoms with Crippen LogP contribution in [0.3, 0.4) is 0 Å². The molecule has 35 heavy (non-hydrogen) atoms. The molecule has 0 aromatic heterocycles. The van der Waals surface area contributed by atoms with Crippen LogP contribution in [0.15, 0.2) is 24.3 Å². The Bertz CT molecular complexity index is 805. The highest BCUT2D eigenvalue weighted by Crippen LogP contribution is 2.33. The van der Waals surface area contributed by atoms with E-state index in [2.05, 4.69) is 16.0 Å². The molecule has 1 unspecified atom stereocenters. The molecule has 1 saturated heterocycles. The molecule has 0 spiro atoms. The van der Waals surface area contributed by atoms with E-state index in [4.69, 9.17) is 9.47 Å². The van der Waals surface area contributed by atoms with Crippen molar-refractivity contribution in [2.45, 2.75) is 57.1 Å². The molecule has 1 heterocycles. The van der Waals surface area contributed by atoms with E-state index in [1.807, 2.05) is 18.0 Å². The predicted molar refractivity (Wildman–Crippen MR) is 133 cm³/mol. The Kier molecular flexibility index (Phi) is 11.1. The first-order valence-electron chi connectivity index (χ1n) is 12.9. The van der Waals surface area contributed by atoms with Crippen molar-refractivity contribution in [2.24, 2.45) is 11.8 Å². The molecule has 0 bridgehead atoms. The van der Waals surface area contributed by atoms with E-state index in [1.165, 1.54) is 44.9 Å². The Morgan fingerprint density at radius 2 is 1.94 bits per heavy atom. The third-order valence-electron chi connectivity index (χ3n) is 7.04. The van der Waals surface area contributed by atoms with Crippen molar-refractivity contribution in [3.63, 3.8) is 0 Å². The fourth-order valence-electron chi connectivity index (χ4n) is 5.37. The summed E-state index contributed by atoms with van der Waals surface area (Å²) in [6.45, 7) is 2.24. The van der Waals surface area contributed by atoms with Crippen LogP contribution in [0.4, 0.5) is 14.0 Å². The lowest BCUT2D eigenvalue weighted by molar-refractivity contribution is -0.0264. The first-order chi connectivity index (χ1) is 17.0. The SMILES string of the molecule is CNC[C@H](CC1CCCC1)NC(=O)N1CCC[C@@H](C(OCCOC(=O)NC)c2cccc(F)c2)C1. The molecule has 1 aliphatic heterocycles. The van der Waals surface area contributed by atoms with Gasteiger partial charge in [-0.2, -0.15) is 0 Å². The number of hydrogen-bond acceptors (Lipinski definition) is 5. The number of carbonyl (C=O) groups excluding carboxylic acids is 2. The van der Waals surface area contributed by atoms with Gasteiger partial charge in [-0.05, 0) is 49.9 Å². The Labute approximate surface area is 208 Å². The van der Waals surface area contributed by atoms with Crippen LogP contribution >= 0.6 is 0 Å². The number of nitrogens with one attached hydrogen (secondary N) is 3. The summed E-state index contributed by atoms with van der Waals surface area (Å²) >= 11 is 0. The minimum absolute atomic E-state index is 0.00823. The maximum absolute atomic E-state index is 14.0. The number of likely N-dealkylation sites (tertiary alicyclic amines) is 1. The number of halogens is 1. The van der Waals surface area contributed by atoms with Gasteiger partial charge in [0.1, 0.15) is 12.4 Å². The van der Waals surface area contributed by atoms with Gasteiger partial charge in [0.2, 0.25) is 0 Å². The van der Waals surface area contributed by atoms with Gasteiger partial charge in [-0.25, -0.2) is 14.0 Å². The number of urea groups is 1. The number of benzene rings is 1. The zero-order valence-corrected chi connectivity index (χ0v) is 21.1. The third-order valence-corrected chi connectivity index (χ3v) is 7.04. The Hall–Kier alpha value is -2.39. The van der Waals surface area contributed by atoms with Crippen LogP contribution in [0.2, 0.25) is 0 Å². The van der Waals surface area contributed by atoms with Crippen molar-refractivity contribution in [3.8, 4) is 0 Å². The molecule has 1 aliphatic carbocycles. The lowest BCUT2D eigenvalue weighted by Gasteiger charge is -2.38. The largest absolute Gasteiger partial charge is 0.447 e. The van der Waals surface area contributed by atoms with Gasteiger partial charge in [0.25, 0.3) is 0 Å². The molecular weight excluding hydrogens is 451 g/mol. The molecule has 3 atom stereocenters. The molecule has 3 amide bonds. The first kappa shape index (κ1) is 27.2. The van der Waals surface area contributed by atoms with E-state index >= 15 is 0 Å². The van der Waals surface area contributed by atoms with Crippen LogP contribution < -0.4 is 16.0 Å². The number of nitrogens with zero attached hydrogens (tertiary/aromatic N) is 1. The summed E-state index contributed by atoms with van der Waals surface area (Å²) in [6, 6.07) is 6.45. The monoisotopic (exact) mass is 492 g/mol. The minimum Gasteiger partial charge on any atom is -0.447 e. The second-order valence-corrected chi connectivity index (χ2v) is 9.67. The van der Waals surface area contributed by atoms with Gasteiger partial charge in [-0.15, -0.1) is 0 Å². The number of rotatable bonds is 11. The van der Waals surface area contributed by atoms with Gasteiger partial charge < -0.3 is 30.3 Å². The van der Waals surface area contributed by atoms with Gasteiger partial charge in [0.15, 0.2) is 0 Å². The maximum atomic E-state index is 14.0. The van der Waals surface area contributed by atoms with E-state index in [0.717, 1.165) is 31.4 Å². The van der Waals surface area contributed by atoms with E-state index in [9.17, 15) is 14.0 Å². The van der Waals surface area contributed by atoms with Crippen molar-refractivity contribution >= 4 is 12.1 Å². The first-order valence-corrected chi connectivity index (χ1v) is 12.9. The molecule has 9 heteroatoms. The van der Waals surface area contributed by atoms with Crippen molar-refractivity contribution in [1.29, 1.82) is 0 Å². The molecule has 1 saturated carbocycles. The average Bonchev–Trinajstić information content (AvgIpc) is 3.37. The average molecular weight is 493 g/mol. The van der Waals surface area contributed by atoms with Gasteiger partial charge in [0.05, 0.1) is 12.7 Å². The topological polar surface area (TPSA) is 91.9 Å². The van der Waals surface area contributed by atoms with E-state index < -0.39 is 12.2 Å². The minimum atomic E-state index is -0.523. The Balaban J connectivity index is 1.62. The quantitative estimate of drug-likeness (QED) is 0.409. The van der Waals surface area contributed by atoms with E-state index in [1.54, 1.807) is 6.07 Å². The zero-order valence-electron chi connectivity index (χ0n) is 21.1. The van der Waals surface area contributed by atoms with Crippen LogP contribution in [0, 0.1) is 17.7 Å². The molecule has 2 fully saturated rings. The van der Waals surface area contributed by atoms with Crippen LogP contribution in [-0.4, -0.2) is 70.0 Å². The summed E-state index contributed by atoms with van der Waals surface area (Å²) in [6.07, 6.45) is 6.86. The highest BCUT2D eigenvalue weighted by Gasteiger charge is 2.32. The molecular formula is C26H41FN4O4. The van der Waals surface area contributed by atoms with Gasteiger partial charge in [-0.3, -0.25) is 0 Å². The van der Waals surface area contributed by atoms with Crippen molar-refractivity contribution in [3.05, 3.63) is 35.6 Å². The van der Waals surface area contributed by atoms with Crippen LogP contribution in [-0.2, 0) is 9.47 Å². The summed E-state index contributed by atoms with van der Waals surface area (Å²) in [5.74, 6) is 0.365. The summed E-state index contributed by atoms with van der Waals surface area (Å²) in [7, 11) is 3.41.